The number of carbonyl (C=O) groups is 3. The maximum absolute atomic E-state index is 13.4. The van der Waals surface area contributed by atoms with Crippen LogP contribution in [-0.2, 0) is 16.6 Å². The Morgan fingerprint density at radius 2 is 1.48 bits per heavy atom. The lowest BCUT2D eigenvalue weighted by Gasteiger charge is -2.12. The first-order valence-electron chi connectivity index (χ1n) is 14.5. The number of para-hydroxylation sites is 1. The maximum Gasteiger partial charge on any atom is 0.295 e. The molecule has 0 radical (unpaired) electrons. The van der Waals surface area contributed by atoms with Crippen LogP contribution in [0, 0.1) is 13.8 Å². The van der Waals surface area contributed by atoms with Crippen molar-refractivity contribution in [1.82, 2.24) is 14.7 Å². The van der Waals surface area contributed by atoms with E-state index in [1.807, 2.05) is 73.7 Å². The lowest BCUT2D eigenvalue weighted by molar-refractivity contribution is -0.114. The van der Waals surface area contributed by atoms with Gasteiger partial charge in [0.15, 0.2) is 0 Å². The van der Waals surface area contributed by atoms with Gasteiger partial charge in [0.1, 0.15) is 11.4 Å². The van der Waals surface area contributed by atoms with Crippen LogP contribution in [0.1, 0.15) is 27.2 Å². The fourth-order valence-corrected chi connectivity index (χ4v) is 5.43. The Morgan fingerprint density at radius 3 is 2.17 bits per heavy atom. The molecule has 0 aliphatic rings. The molecule has 1 aromatic heterocycles. The minimum atomic E-state index is -0.501. The second kappa shape index (κ2) is 14.4. The molecule has 0 spiro atoms. The minimum Gasteiger partial charge on any atom is -0.321 e. The lowest BCUT2D eigenvalue weighted by atomic mass is 10.1. The van der Waals surface area contributed by atoms with Crippen LogP contribution in [0.25, 0.3) is 11.8 Å². The summed E-state index contributed by atoms with van der Waals surface area (Å²) in [5.74, 6) is -1.20. The van der Waals surface area contributed by atoms with E-state index in [4.69, 9.17) is 0 Å². The van der Waals surface area contributed by atoms with E-state index in [0.717, 1.165) is 16.0 Å². The Morgan fingerprint density at radius 1 is 0.804 bits per heavy atom. The van der Waals surface area contributed by atoms with Gasteiger partial charge in [-0.25, -0.2) is 4.68 Å². The number of aromatic nitrogens is 2. The van der Waals surface area contributed by atoms with E-state index >= 15 is 0 Å². The van der Waals surface area contributed by atoms with Crippen LogP contribution in [0.5, 0.6) is 0 Å². The summed E-state index contributed by atoms with van der Waals surface area (Å²) in [5.41, 5.74) is 4.05. The predicted molar refractivity (Wildman–Crippen MR) is 183 cm³/mol. The highest BCUT2D eigenvalue weighted by atomic mass is 32.2. The summed E-state index contributed by atoms with van der Waals surface area (Å²) in [4.78, 5) is 53.1. The van der Waals surface area contributed by atoms with Crippen LogP contribution in [0.4, 0.5) is 11.4 Å². The Bertz CT molecular complexity index is 1960. The van der Waals surface area contributed by atoms with Gasteiger partial charge in [0.05, 0.1) is 17.1 Å². The van der Waals surface area contributed by atoms with E-state index in [0.29, 0.717) is 22.6 Å². The quantitative estimate of drug-likeness (QED) is 0.131. The second-order valence-corrected chi connectivity index (χ2v) is 11.6. The molecule has 0 atom stereocenters. The molecule has 0 aliphatic heterocycles. The number of nitrogens with zero attached hydrogens (tertiary/aromatic N) is 2. The summed E-state index contributed by atoms with van der Waals surface area (Å²) in [6, 6.07) is 32.5. The van der Waals surface area contributed by atoms with E-state index < -0.39 is 11.8 Å². The topological polar surface area (TPSA) is 114 Å². The van der Waals surface area contributed by atoms with Gasteiger partial charge in [-0.1, -0.05) is 72.3 Å². The maximum atomic E-state index is 13.4. The minimum absolute atomic E-state index is 0.0439. The number of hydrogen-bond donors (Lipinski definition) is 3. The first-order chi connectivity index (χ1) is 22.2. The molecule has 0 saturated carbocycles. The average molecular weight is 632 g/mol. The van der Waals surface area contributed by atoms with Crippen molar-refractivity contribution in [1.29, 1.82) is 0 Å². The Kier molecular flexibility index (Phi) is 9.99. The second-order valence-electron chi connectivity index (χ2n) is 10.5. The van der Waals surface area contributed by atoms with Crippen LogP contribution < -0.4 is 21.5 Å². The highest BCUT2D eigenvalue weighted by Crippen LogP contribution is 2.23. The average Bonchev–Trinajstić information content (AvgIpc) is 3.28. The molecule has 232 valence electrons. The molecule has 0 unspecified atom stereocenters. The summed E-state index contributed by atoms with van der Waals surface area (Å²) in [6.45, 7) is 3.75. The van der Waals surface area contributed by atoms with E-state index in [9.17, 15) is 19.2 Å². The third-order valence-electron chi connectivity index (χ3n) is 7.20. The van der Waals surface area contributed by atoms with Gasteiger partial charge in [0.25, 0.3) is 17.4 Å². The van der Waals surface area contributed by atoms with Gasteiger partial charge < -0.3 is 16.0 Å². The van der Waals surface area contributed by atoms with Crippen LogP contribution in [0.3, 0.4) is 0 Å². The third-order valence-corrected chi connectivity index (χ3v) is 8.19. The van der Waals surface area contributed by atoms with Gasteiger partial charge in [0.2, 0.25) is 5.91 Å². The van der Waals surface area contributed by atoms with Gasteiger partial charge in [-0.3, -0.25) is 23.9 Å². The summed E-state index contributed by atoms with van der Waals surface area (Å²) in [7, 11) is 1.77. The number of hydrogen-bond acceptors (Lipinski definition) is 5. The van der Waals surface area contributed by atoms with Crippen molar-refractivity contribution in [3.8, 4) is 5.69 Å². The zero-order valence-electron chi connectivity index (χ0n) is 25.6. The van der Waals surface area contributed by atoms with Crippen molar-refractivity contribution in [3.05, 3.63) is 148 Å². The number of rotatable bonds is 10. The van der Waals surface area contributed by atoms with Gasteiger partial charge in [-0.05, 0) is 68.0 Å². The van der Waals surface area contributed by atoms with Crippen molar-refractivity contribution in [3.63, 3.8) is 0 Å². The number of thioether (sulfide) groups is 1. The normalized spacial score (nSPS) is 11.2. The van der Waals surface area contributed by atoms with Gasteiger partial charge in [0, 0.05) is 23.2 Å². The number of amides is 3. The van der Waals surface area contributed by atoms with E-state index in [1.165, 1.54) is 16.4 Å². The third kappa shape index (κ3) is 7.72. The van der Waals surface area contributed by atoms with E-state index in [-0.39, 0.29) is 28.6 Å². The lowest BCUT2D eigenvalue weighted by Crippen LogP contribution is -2.30. The van der Waals surface area contributed by atoms with Gasteiger partial charge >= 0.3 is 0 Å². The largest absolute Gasteiger partial charge is 0.321 e. The molecule has 5 rings (SSSR count). The molecule has 3 N–H and O–H groups in total. The molecule has 4 aromatic carbocycles. The Hall–Kier alpha value is -5.61. The number of carbonyl (C=O) groups excluding carboxylic acids is 3. The molecule has 10 heteroatoms. The Labute approximate surface area is 270 Å². The van der Waals surface area contributed by atoms with Gasteiger partial charge in [-0.15, -0.1) is 11.8 Å². The monoisotopic (exact) mass is 631 g/mol. The molecule has 9 nitrogen and oxygen atoms in total. The molecule has 0 aliphatic carbocycles. The van der Waals surface area contributed by atoms with Crippen molar-refractivity contribution in [2.75, 3.05) is 16.4 Å². The number of nitrogens with one attached hydrogen (secondary N) is 3. The SMILES string of the molecule is Cc1ccc(/C=C(/NC(=O)c2ccccc2)C(=O)Nc2cccc(SCC(=O)Nc3c(C)n(C)n(-c4ccccc4)c3=O)c2)cc1. The van der Waals surface area contributed by atoms with Crippen LogP contribution in [0.15, 0.2) is 125 Å². The molecule has 5 aromatic rings. The van der Waals surface area contributed by atoms with E-state index in [1.54, 1.807) is 67.2 Å². The standard InChI is InChI=1S/C36H33N5O4S/c1-24-17-19-26(20-18-24)21-31(38-34(43)27-11-6-4-7-12-27)35(44)37-28-13-10-16-30(22-28)46-23-32(42)39-33-25(2)40(3)41(36(33)45)29-14-8-5-9-15-29/h4-22H,23H2,1-3H3,(H,37,44)(H,38,43)(H,39,42)/b31-21+. The summed E-state index contributed by atoms with van der Waals surface area (Å²) >= 11 is 1.27. The molecular formula is C36H33N5O4S. The van der Waals surface area contributed by atoms with Gasteiger partial charge in [-0.2, -0.15) is 0 Å². The van der Waals surface area contributed by atoms with Crippen molar-refractivity contribution < 1.29 is 14.4 Å². The smallest absolute Gasteiger partial charge is 0.295 e. The van der Waals surface area contributed by atoms with Crippen molar-refractivity contribution >= 4 is 46.9 Å². The number of benzene rings is 4. The first kappa shape index (κ1) is 31.8. The zero-order chi connectivity index (χ0) is 32.6. The highest BCUT2D eigenvalue weighted by Gasteiger charge is 2.19. The number of anilines is 2. The summed E-state index contributed by atoms with van der Waals surface area (Å²) in [5, 5.41) is 8.37. The van der Waals surface area contributed by atoms with Crippen LogP contribution >= 0.6 is 11.8 Å². The predicted octanol–water partition coefficient (Wildman–Crippen LogP) is 5.93. The molecule has 0 fully saturated rings. The molecule has 0 bridgehead atoms. The van der Waals surface area contributed by atoms with Crippen LogP contribution in [0.2, 0.25) is 0 Å². The number of aryl methyl sites for hydroxylation is 1. The molecular weight excluding hydrogens is 598 g/mol. The molecule has 0 saturated heterocycles. The molecule has 1 heterocycles. The zero-order valence-corrected chi connectivity index (χ0v) is 26.4. The first-order valence-corrected chi connectivity index (χ1v) is 15.5. The van der Waals surface area contributed by atoms with E-state index in [2.05, 4.69) is 16.0 Å². The Balaban J connectivity index is 1.27. The fraction of sp³-hybridized carbons (Fsp3) is 0.111. The van der Waals surface area contributed by atoms with Crippen LogP contribution in [-0.4, -0.2) is 32.8 Å². The summed E-state index contributed by atoms with van der Waals surface area (Å²) < 4.78 is 3.21. The highest BCUT2D eigenvalue weighted by molar-refractivity contribution is 8.00. The van der Waals surface area contributed by atoms with Crippen molar-refractivity contribution in [2.45, 2.75) is 18.7 Å². The molecule has 46 heavy (non-hydrogen) atoms. The van der Waals surface area contributed by atoms with Crippen molar-refractivity contribution in [2.24, 2.45) is 7.05 Å². The molecule has 3 amide bonds. The fourth-order valence-electron chi connectivity index (χ4n) is 4.67. The summed E-state index contributed by atoms with van der Waals surface area (Å²) in [6.07, 6.45) is 1.62.